The molecule has 0 radical (unpaired) electrons. The maximum absolute atomic E-state index is 12.5. The number of pyridine rings is 1. The monoisotopic (exact) mass is 335 g/mol. The summed E-state index contributed by atoms with van der Waals surface area (Å²) >= 11 is 0. The molecule has 0 aliphatic heterocycles. The van der Waals surface area contributed by atoms with E-state index >= 15 is 0 Å². The summed E-state index contributed by atoms with van der Waals surface area (Å²) in [7, 11) is 0. The van der Waals surface area contributed by atoms with Gasteiger partial charge in [0.25, 0.3) is 5.91 Å². The Morgan fingerprint density at radius 2 is 1.80 bits per heavy atom. The van der Waals surface area contributed by atoms with Crippen LogP contribution in [0.4, 0.5) is 5.69 Å². The zero-order valence-electron chi connectivity index (χ0n) is 13.3. The van der Waals surface area contributed by atoms with Gasteiger partial charge >= 0.3 is 5.97 Å². The minimum atomic E-state index is -1.04. The number of carbonyl (C=O) groups is 2. The standard InChI is InChI=1S/C19H17N3O3/c20-16(19(24)25)11-12-5-7-13(8-6-12)22-18(23)15-9-10-21-17-4-2-1-3-14(15)17/h1-10,16H,11,20H2,(H,22,23)(H,24,25). The molecule has 0 aliphatic carbocycles. The number of carboxylic acid groups (broad SMARTS) is 1. The second kappa shape index (κ2) is 7.11. The molecule has 0 bridgehead atoms. The first-order valence-electron chi connectivity index (χ1n) is 7.77. The number of anilines is 1. The number of nitrogens with one attached hydrogen (secondary N) is 1. The van der Waals surface area contributed by atoms with Crippen LogP contribution in [0.15, 0.2) is 60.8 Å². The number of carbonyl (C=O) groups excluding carboxylic acids is 1. The van der Waals surface area contributed by atoms with Gasteiger partial charge in [-0.3, -0.25) is 14.6 Å². The molecule has 1 amide bonds. The van der Waals surface area contributed by atoms with Gasteiger partial charge in [-0.05, 0) is 36.2 Å². The average Bonchev–Trinajstić information content (AvgIpc) is 2.62. The Balaban J connectivity index is 1.75. The van der Waals surface area contributed by atoms with Crippen LogP contribution in [0.1, 0.15) is 15.9 Å². The van der Waals surface area contributed by atoms with Crippen LogP contribution in [0.5, 0.6) is 0 Å². The number of fused-ring (bicyclic) bond motifs is 1. The second-order valence-corrected chi connectivity index (χ2v) is 5.68. The van der Waals surface area contributed by atoms with Gasteiger partial charge in [-0.1, -0.05) is 30.3 Å². The van der Waals surface area contributed by atoms with Crippen molar-refractivity contribution in [2.75, 3.05) is 5.32 Å². The SMILES string of the molecule is NC(Cc1ccc(NC(=O)c2ccnc3ccccc23)cc1)C(=O)O. The summed E-state index contributed by atoms with van der Waals surface area (Å²) in [6.07, 6.45) is 1.84. The van der Waals surface area contributed by atoms with E-state index in [1.54, 1.807) is 36.5 Å². The number of carboxylic acids is 1. The maximum atomic E-state index is 12.5. The molecule has 1 heterocycles. The van der Waals surface area contributed by atoms with Crippen molar-refractivity contribution >= 4 is 28.5 Å². The zero-order chi connectivity index (χ0) is 17.8. The first-order chi connectivity index (χ1) is 12.0. The molecule has 0 aliphatic rings. The van der Waals surface area contributed by atoms with Gasteiger partial charge in [0.1, 0.15) is 6.04 Å². The number of para-hydroxylation sites is 1. The Bertz CT molecular complexity index is 917. The lowest BCUT2D eigenvalue weighted by Gasteiger charge is -2.10. The van der Waals surface area contributed by atoms with Crippen molar-refractivity contribution in [1.29, 1.82) is 0 Å². The fourth-order valence-corrected chi connectivity index (χ4v) is 2.56. The van der Waals surface area contributed by atoms with Gasteiger partial charge in [0.15, 0.2) is 0 Å². The van der Waals surface area contributed by atoms with E-state index in [1.807, 2.05) is 24.3 Å². The molecule has 1 unspecified atom stereocenters. The van der Waals surface area contributed by atoms with Crippen molar-refractivity contribution in [1.82, 2.24) is 4.98 Å². The molecule has 0 saturated heterocycles. The molecule has 3 rings (SSSR count). The quantitative estimate of drug-likeness (QED) is 0.664. The van der Waals surface area contributed by atoms with Gasteiger partial charge in [0.2, 0.25) is 0 Å². The largest absolute Gasteiger partial charge is 0.480 e. The number of nitrogens with two attached hydrogens (primary N) is 1. The zero-order valence-corrected chi connectivity index (χ0v) is 13.3. The molecule has 0 saturated carbocycles. The third-order valence-corrected chi connectivity index (χ3v) is 3.88. The molecule has 3 aromatic rings. The normalized spacial score (nSPS) is 11.9. The minimum absolute atomic E-state index is 0.228. The average molecular weight is 335 g/mol. The van der Waals surface area contributed by atoms with Gasteiger partial charge in [0, 0.05) is 17.3 Å². The number of nitrogens with zero attached hydrogens (tertiary/aromatic N) is 1. The lowest BCUT2D eigenvalue weighted by atomic mass is 10.1. The van der Waals surface area contributed by atoms with Crippen LogP contribution in [0.2, 0.25) is 0 Å². The van der Waals surface area contributed by atoms with Crippen LogP contribution in [-0.2, 0) is 11.2 Å². The van der Waals surface area contributed by atoms with Gasteiger partial charge < -0.3 is 16.2 Å². The Morgan fingerprint density at radius 3 is 2.52 bits per heavy atom. The summed E-state index contributed by atoms with van der Waals surface area (Å²) in [5.41, 5.74) is 8.24. The van der Waals surface area contributed by atoms with E-state index < -0.39 is 12.0 Å². The van der Waals surface area contributed by atoms with Gasteiger partial charge in [-0.25, -0.2) is 0 Å². The third kappa shape index (κ3) is 3.81. The summed E-state index contributed by atoms with van der Waals surface area (Å²) < 4.78 is 0. The van der Waals surface area contributed by atoms with Gasteiger partial charge in [-0.15, -0.1) is 0 Å². The molecular weight excluding hydrogens is 318 g/mol. The number of aliphatic carboxylic acids is 1. The van der Waals surface area contributed by atoms with Crippen LogP contribution in [0.25, 0.3) is 10.9 Å². The van der Waals surface area contributed by atoms with Crippen molar-refractivity contribution in [3.63, 3.8) is 0 Å². The van der Waals surface area contributed by atoms with E-state index in [1.165, 1.54) is 0 Å². The molecule has 6 heteroatoms. The predicted molar refractivity (Wildman–Crippen MR) is 95.5 cm³/mol. The molecule has 4 N–H and O–H groups in total. The Morgan fingerprint density at radius 1 is 1.08 bits per heavy atom. The van der Waals surface area contributed by atoms with Crippen LogP contribution >= 0.6 is 0 Å². The van der Waals surface area contributed by atoms with E-state index in [2.05, 4.69) is 10.3 Å². The first-order valence-corrected chi connectivity index (χ1v) is 7.77. The first kappa shape index (κ1) is 16.6. The van der Waals surface area contributed by atoms with Gasteiger partial charge in [0.05, 0.1) is 11.1 Å². The van der Waals surface area contributed by atoms with Crippen LogP contribution in [0, 0.1) is 0 Å². The highest BCUT2D eigenvalue weighted by Gasteiger charge is 2.13. The fraction of sp³-hybridized carbons (Fsp3) is 0.105. The fourth-order valence-electron chi connectivity index (χ4n) is 2.56. The van der Waals surface area contributed by atoms with E-state index in [0.717, 1.165) is 16.5 Å². The number of amides is 1. The van der Waals surface area contributed by atoms with Crippen LogP contribution in [-0.4, -0.2) is 28.0 Å². The Kier molecular flexibility index (Phi) is 4.72. The summed E-state index contributed by atoms with van der Waals surface area (Å²) in [6.45, 7) is 0. The molecule has 0 fully saturated rings. The highest BCUT2D eigenvalue weighted by Crippen LogP contribution is 2.18. The van der Waals surface area contributed by atoms with E-state index in [0.29, 0.717) is 11.3 Å². The minimum Gasteiger partial charge on any atom is -0.480 e. The third-order valence-electron chi connectivity index (χ3n) is 3.88. The highest BCUT2D eigenvalue weighted by molar-refractivity contribution is 6.12. The summed E-state index contributed by atoms with van der Waals surface area (Å²) in [5, 5.41) is 12.5. The number of hydrogen-bond acceptors (Lipinski definition) is 4. The second-order valence-electron chi connectivity index (χ2n) is 5.68. The number of aromatic nitrogens is 1. The molecular formula is C19H17N3O3. The van der Waals surface area contributed by atoms with Crippen LogP contribution < -0.4 is 11.1 Å². The number of rotatable bonds is 5. The smallest absolute Gasteiger partial charge is 0.320 e. The van der Waals surface area contributed by atoms with Crippen molar-refractivity contribution in [3.05, 3.63) is 71.9 Å². The molecule has 0 spiro atoms. The van der Waals surface area contributed by atoms with E-state index in [-0.39, 0.29) is 12.3 Å². The summed E-state index contributed by atoms with van der Waals surface area (Å²) in [4.78, 5) is 27.6. The molecule has 6 nitrogen and oxygen atoms in total. The summed E-state index contributed by atoms with van der Waals surface area (Å²) in [6, 6.07) is 15.1. The predicted octanol–water partition coefficient (Wildman–Crippen LogP) is 2.44. The molecule has 2 aromatic carbocycles. The molecule has 25 heavy (non-hydrogen) atoms. The van der Waals surface area contributed by atoms with Crippen molar-refractivity contribution in [2.45, 2.75) is 12.5 Å². The van der Waals surface area contributed by atoms with E-state index in [4.69, 9.17) is 10.8 Å². The van der Waals surface area contributed by atoms with E-state index in [9.17, 15) is 9.59 Å². The maximum Gasteiger partial charge on any atom is 0.320 e. The molecule has 1 aromatic heterocycles. The Labute approximate surface area is 144 Å². The molecule has 126 valence electrons. The lowest BCUT2D eigenvalue weighted by molar-refractivity contribution is -0.138. The van der Waals surface area contributed by atoms with Crippen molar-refractivity contribution in [3.8, 4) is 0 Å². The van der Waals surface area contributed by atoms with Gasteiger partial charge in [-0.2, -0.15) is 0 Å². The Hall–Kier alpha value is -3.25. The topological polar surface area (TPSA) is 105 Å². The highest BCUT2D eigenvalue weighted by atomic mass is 16.4. The van der Waals surface area contributed by atoms with Crippen molar-refractivity contribution in [2.24, 2.45) is 5.73 Å². The summed E-state index contributed by atoms with van der Waals surface area (Å²) in [5.74, 6) is -1.27. The number of benzene rings is 2. The van der Waals surface area contributed by atoms with Crippen molar-refractivity contribution < 1.29 is 14.7 Å². The molecule has 1 atom stereocenters. The van der Waals surface area contributed by atoms with Crippen LogP contribution in [0.3, 0.4) is 0 Å². The lowest BCUT2D eigenvalue weighted by Crippen LogP contribution is -2.32. The number of hydrogen-bond donors (Lipinski definition) is 3.